The summed E-state index contributed by atoms with van der Waals surface area (Å²) in [6, 6.07) is 13.9. The summed E-state index contributed by atoms with van der Waals surface area (Å²) in [5.74, 6) is 0.409. The first-order valence-electron chi connectivity index (χ1n) is 9.92. The van der Waals surface area contributed by atoms with Crippen LogP contribution < -0.4 is 10.6 Å². The van der Waals surface area contributed by atoms with Crippen molar-refractivity contribution in [1.29, 1.82) is 0 Å². The fourth-order valence-electron chi connectivity index (χ4n) is 4.55. The minimum atomic E-state index is -0.248. The first-order chi connectivity index (χ1) is 13.1. The lowest BCUT2D eigenvalue weighted by Gasteiger charge is -2.38. The van der Waals surface area contributed by atoms with Crippen molar-refractivity contribution >= 4 is 11.4 Å². The Balaban J connectivity index is 1.40. The van der Waals surface area contributed by atoms with E-state index in [9.17, 15) is 4.39 Å². The maximum Gasteiger partial charge on any atom is 0.125 e. The monoisotopic (exact) mass is 365 g/mol. The molecule has 4 heteroatoms. The number of anilines is 2. The van der Waals surface area contributed by atoms with Gasteiger partial charge in [0.2, 0.25) is 0 Å². The van der Waals surface area contributed by atoms with Gasteiger partial charge in [-0.1, -0.05) is 36.9 Å². The summed E-state index contributed by atoms with van der Waals surface area (Å²) < 4.78 is 13.7. The van der Waals surface area contributed by atoms with Crippen molar-refractivity contribution in [2.75, 3.05) is 36.8 Å². The molecule has 2 heterocycles. The van der Waals surface area contributed by atoms with Crippen LogP contribution in [0.25, 0.3) is 0 Å². The minimum absolute atomic E-state index is 0.248. The number of nitrogens with zero attached hydrogens (tertiary/aromatic N) is 2. The maximum atomic E-state index is 13.7. The molecule has 0 atom stereocenters. The largest absolute Gasteiger partial charge is 0.397 e. The van der Waals surface area contributed by atoms with Gasteiger partial charge in [0.1, 0.15) is 5.82 Å². The molecule has 142 valence electrons. The molecule has 0 aliphatic carbocycles. The number of benzene rings is 2. The van der Waals surface area contributed by atoms with Crippen LogP contribution in [-0.4, -0.2) is 31.1 Å². The predicted octanol–water partition coefficient (Wildman–Crippen LogP) is 4.55. The van der Waals surface area contributed by atoms with Crippen molar-refractivity contribution in [2.24, 2.45) is 0 Å². The summed E-state index contributed by atoms with van der Waals surface area (Å²) in [5, 5.41) is 0. The zero-order valence-corrected chi connectivity index (χ0v) is 15.8. The van der Waals surface area contributed by atoms with Crippen LogP contribution in [0.3, 0.4) is 0 Å². The summed E-state index contributed by atoms with van der Waals surface area (Å²) in [6.07, 6.45) is 4.25. The highest BCUT2D eigenvalue weighted by atomic mass is 19.1. The Morgan fingerprint density at radius 1 is 1.11 bits per heavy atom. The average molecular weight is 365 g/mol. The molecule has 0 aromatic heterocycles. The highest BCUT2D eigenvalue weighted by Crippen LogP contribution is 2.36. The number of fused-ring (bicyclic) bond motifs is 1. The molecule has 1 saturated heterocycles. The molecule has 2 aliphatic rings. The fraction of sp³-hybridized carbons (Fsp3) is 0.391. The number of nitrogens with two attached hydrogens (primary N) is 1. The van der Waals surface area contributed by atoms with Crippen LogP contribution in [0.4, 0.5) is 15.8 Å². The van der Waals surface area contributed by atoms with Gasteiger partial charge in [0.05, 0.1) is 11.4 Å². The number of hydrogen-bond acceptors (Lipinski definition) is 3. The fourth-order valence-corrected chi connectivity index (χ4v) is 4.55. The van der Waals surface area contributed by atoms with E-state index in [-0.39, 0.29) is 5.82 Å². The topological polar surface area (TPSA) is 32.5 Å². The summed E-state index contributed by atoms with van der Waals surface area (Å²) in [6.45, 7) is 8.26. The van der Waals surface area contributed by atoms with Gasteiger partial charge in [0.25, 0.3) is 0 Å². The molecule has 0 bridgehead atoms. The molecule has 2 aromatic rings. The summed E-state index contributed by atoms with van der Waals surface area (Å²) in [4.78, 5) is 4.69. The van der Waals surface area contributed by atoms with E-state index in [0.29, 0.717) is 11.6 Å². The van der Waals surface area contributed by atoms with Crippen molar-refractivity contribution in [3.05, 3.63) is 71.7 Å². The molecule has 3 nitrogen and oxygen atoms in total. The van der Waals surface area contributed by atoms with E-state index < -0.39 is 0 Å². The standard InChI is InChI=1S/C23H28FN3/c1-17(27-11-5-8-20-14-21(24)15-22(25)23(20)27)16-26-12-9-19(10-13-26)18-6-3-2-4-7-18/h2-4,6-7,14-15,19H,1,5,8-13,16,25H2. The van der Waals surface area contributed by atoms with Crippen LogP contribution in [0.5, 0.6) is 0 Å². The normalized spacial score (nSPS) is 18.3. The average Bonchev–Trinajstić information content (AvgIpc) is 2.68. The van der Waals surface area contributed by atoms with Crippen molar-refractivity contribution in [2.45, 2.75) is 31.6 Å². The SMILES string of the molecule is C=C(CN1CCC(c2ccccc2)CC1)N1CCCc2cc(F)cc(N)c21. The van der Waals surface area contributed by atoms with Crippen LogP contribution in [-0.2, 0) is 6.42 Å². The lowest BCUT2D eigenvalue weighted by Crippen LogP contribution is -2.39. The number of rotatable bonds is 4. The molecule has 2 aromatic carbocycles. The van der Waals surface area contributed by atoms with Crippen molar-refractivity contribution < 1.29 is 4.39 Å². The van der Waals surface area contributed by atoms with Crippen molar-refractivity contribution in [3.63, 3.8) is 0 Å². The Kier molecular flexibility index (Phi) is 5.17. The van der Waals surface area contributed by atoms with E-state index in [0.717, 1.165) is 56.0 Å². The summed E-state index contributed by atoms with van der Waals surface area (Å²) >= 11 is 0. The first-order valence-corrected chi connectivity index (χ1v) is 9.92. The minimum Gasteiger partial charge on any atom is -0.397 e. The van der Waals surface area contributed by atoms with Gasteiger partial charge in [0.15, 0.2) is 0 Å². The maximum absolute atomic E-state index is 13.7. The van der Waals surface area contributed by atoms with Gasteiger partial charge in [-0.3, -0.25) is 4.90 Å². The zero-order valence-electron chi connectivity index (χ0n) is 15.8. The number of likely N-dealkylation sites (tertiary alicyclic amines) is 1. The van der Waals surface area contributed by atoms with Gasteiger partial charge in [-0.15, -0.1) is 0 Å². The van der Waals surface area contributed by atoms with Crippen LogP contribution >= 0.6 is 0 Å². The molecule has 27 heavy (non-hydrogen) atoms. The number of halogens is 1. The highest BCUT2D eigenvalue weighted by Gasteiger charge is 2.25. The van der Waals surface area contributed by atoms with E-state index in [4.69, 9.17) is 5.73 Å². The molecule has 1 fully saturated rings. The Labute approximate surface area is 161 Å². The zero-order chi connectivity index (χ0) is 18.8. The van der Waals surface area contributed by atoms with Crippen molar-refractivity contribution in [3.8, 4) is 0 Å². The Morgan fingerprint density at radius 3 is 2.59 bits per heavy atom. The van der Waals surface area contributed by atoms with Gasteiger partial charge < -0.3 is 10.6 Å². The molecular formula is C23H28FN3. The molecule has 0 spiro atoms. The molecular weight excluding hydrogens is 337 g/mol. The number of nitrogen functional groups attached to an aromatic ring is 1. The van der Waals surface area contributed by atoms with E-state index in [2.05, 4.69) is 46.7 Å². The van der Waals surface area contributed by atoms with Crippen LogP contribution in [0.2, 0.25) is 0 Å². The third-order valence-corrected chi connectivity index (χ3v) is 5.93. The highest BCUT2D eigenvalue weighted by molar-refractivity contribution is 5.75. The van der Waals surface area contributed by atoms with Crippen molar-refractivity contribution in [1.82, 2.24) is 4.90 Å². The predicted molar refractivity (Wildman–Crippen MR) is 110 cm³/mol. The van der Waals surface area contributed by atoms with Crippen LogP contribution in [0.1, 0.15) is 36.3 Å². The second kappa shape index (κ2) is 7.73. The smallest absolute Gasteiger partial charge is 0.125 e. The molecule has 0 saturated carbocycles. The quantitative estimate of drug-likeness (QED) is 0.807. The van der Waals surface area contributed by atoms with Gasteiger partial charge in [-0.2, -0.15) is 0 Å². The van der Waals surface area contributed by atoms with E-state index in [1.807, 2.05) is 0 Å². The third kappa shape index (κ3) is 3.86. The number of piperidine rings is 1. The Morgan fingerprint density at radius 2 is 1.85 bits per heavy atom. The van der Waals surface area contributed by atoms with Crippen LogP contribution in [0, 0.1) is 5.82 Å². The Hall–Kier alpha value is -2.33. The summed E-state index contributed by atoms with van der Waals surface area (Å²) in [5.41, 5.74) is 11.2. The lowest BCUT2D eigenvalue weighted by atomic mass is 9.89. The molecule has 4 rings (SSSR count). The second-order valence-electron chi connectivity index (χ2n) is 7.79. The van der Waals surface area contributed by atoms with E-state index >= 15 is 0 Å². The molecule has 0 radical (unpaired) electrons. The van der Waals surface area contributed by atoms with Crippen LogP contribution in [0.15, 0.2) is 54.7 Å². The molecule has 2 aliphatic heterocycles. The molecule has 2 N–H and O–H groups in total. The molecule has 0 amide bonds. The van der Waals surface area contributed by atoms with E-state index in [1.165, 1.54) is 24.5 Å². The third-order valence-electron chi connectivity index (χ3n) is 5.93. The van der Waals surface area contributed by atoms with Gasteiger partial charge in [-0.05, 0) is 68.0 Å². The number of hydrogen-bond donors (Lipinski definition) is 1. The Bertz CT molecular complexity index is 810. The summed E-state index contributed by atoms with van der Waals surface area (Å²) in [7, 11) is 0. The number of aryl methyl sites for hydroxylation is 1. The second-order valence-corrected chi connectivity index (χ2v) is 7.79. The van der Waals surface area contributed by atoms with E-state index in [1.54, 1.807) is 6.07 Å². The first kappa shape index (κ1) is 18.1. The molecule has 0 unspecified atom stereocenters. The lowest BCUT2D eigenvalue weighted by molar-refractivity contribution is 0.227. The van der Waals surface area contributed by atoms with Gasteiger partial charge in [-0.25, -0.2) is 4.39 Å². The van der Waals surface area contributed by atoms with Gasteiger partial charge >= 0.3 is 0 Å². The van der Waals surface area contributed by atoms with Gasteiger partial charge in [0, 0.05) is 18.8 Å².